The fourth-order valence-corrected chi connectivity index (χ4v) is 3.67. The van der Waals surface area contributed by atoms with Crippen molar-refractivity contribution in [3.05, 3.63) is 84.7 Å². The lowest BCUT2D eigenvalue weighted by atomic mass is 9.98. The van der Waals surface area contributed by atoms with Crippen molar-refractivity contribution in [1.82, 2.24) is 10.3 Å². The first-order chi connectivity index (χ1) is 16.4. The van der Waals surface area contributed by atoms with Crippen molar-refractivity contribution in [2.75, 3.05) is 49.9 Å². The van der Waals surface area contributed by atoms with E-state index in [-0.39, 0.29) is 0 Å². The van der Waals surface area contributed by atoms with Crippen LogP contribution in [0.3, 0.4) is 0 Å². The Balaban J connectivity index is 2.31. The van der Waals surface area contributed by atoms with Gasteiger partial charge in [-0.15, -0.1) is 0 Å². The minimum atomic E-state index is 0.679. The molecule has 2 aromatic carbocycles. The van der Waals surface area contributed by atoms with E-state index in [2.05, 4.69) is 64.2 Å². The maximum atomic E-state index is 6.20. The molecule has 3 aromatic rings. The summed E-state index contributed by atoms with van der Waals surface area (Å²) < 4.78 is 0. The van der Waals surface area contributed by atoms with Gasteiger partial charge in [0, 0.05) is 67.8 Å². The van der Waals surface area contributed by atoms with Crippen LogP contribution >= 0.6 is 0 Å². The number of aromatic nitrogens is 1. The number of benzene rings is 2. The molecule has 0 unspecified atom stereocenters. The van der Waals surface area contributed by atoms with Gasteiger partial charge in [-0.2, -0.15) is 0 Å². The van der Waals surface area contributed by atoms with Crippen LogP contribution in [0.4, 0.5) is 22.7 Å². The van der Waals surface area contributed by atoms with E-state index in [1.165, 1.54) is 0 Å². The largest absolute Gasteiger partial charge is 0.399 e. The molecule has 6 N–H and O–H groups in total. The molecule has 34 heavy (non-hydrogen) atoms. The molecule has 6 nitrogen and oxygen atoms in total. The summed E-state index contributed by atoms with van der Waals surface area (Å²) in [5.41, 5.74) is 16.4. The van der Waals surface area contributed by atoms with Gasteiger partial charge in [0.05, 0.1) is 11.4 Å². The van der Waals surface area contributed by atoms with Gasteiger partial charge in [-0.1, -0.05) is 18.7 Å². The number of nitrogen functional groups attached to an aromatic ring is 1. The molecule has 0 amide bonds. The van der Waals surface area contributed by atoms with Crippen molar-refractivity contribution in [3.63, 3.8) is 0 Å². The first-order valence-corrected chi connectivity index (χ1v) is 11.2. The third-order valence-corrected chi connectivity index (χ3v) is 5.50. The molecule has 0 saturated carbocycles. The molecular weight excluding hydrogens is 420 g/mol. The van der Waals surface area contributed by atoms with E-state index in [9.17, 15) is 0 Å². The number of likely N-dealkylation sites (N-methyl/N-ethyl adjacent to an activating group) is 1. The summed E-state index contributed by atoms with van der Waals surface area (Å²) in [7, 11) is 7.58. The highest BCUT2D eigenvalue weighted by atomic mass is 14.9. The van der Waals surface area contributed by atoms with Gasteiger partial charge in [0.25, 0.3) is 0 Å². The highest BCUT2D eigenvalue weighted by Crippen LogP contribution is 2.33. The number of pyridine rings is 1. The van der Waals surface area contributed by atoms with Crippen LogP contribution in [0.1, 0.15) is 12.6 Å². The van der Waals surface area contributed by atoms with E-state index in [4.69, 9.17) is 10.7 Å². The lowest BCUT2D eigenvalue weighted by molar-refractivity contribution is 1.04. The zero-order valence-corrected chi connectivity index (χ0v) is 20.6. The Bertz CT molecular complexity index is 1220. The molecule has 1 aromatic heterocycles. The smallest absolute Gasteiger partial charge is 0.0717 e. The van der Waals surface area contributed by atoms with E-state index in [1.54, 1.807) is 0 Å². The summed E-state index contributed by atoms with van der Waals surface area (Å²) in [5.74, 6) is 0. The van der Waals surface area contributed by atoms with Crippen LogP contribution < -0.4 is 27.0 Å². The number of nitrogens with two attached hydrogens (primary N) is 1. The van der Waals surface area contributed by atoms with Gasteiger partial charge in [0.1, 0.15) is 0 Å². The Kier molecular flexibility index (Phi) is 7.98. The van der Waals surface area contributed by atoms with Crippen LogP contribution in [0.2, 0.25) is 0 Å². The summed E-state index contributed by atoms with van der Waals surface area (Å²) in [6, 6.07) is 16.5. The van der Waals surface area contributed by atoms with E-state index in [1.807, 2.05) is 65.5 Å². The zero-order chi connectivity index (χ0) is 24.7. The Hall–Kier alpha value is -4.19. The number of hydrogen-bond donors (Lipinski definition) is 5. The summed E-state index contributed by atoms with van der Waals surface area (Å²) >= 11 is 0. The number of hydrogen-bond acceptors (Lipinski definition) is 6. The van der Waals surface area contributed by atoms with Gasteiger partial charge >= 0.3 is 0 Å². The van der Waals surface area contributed by atoms with E-state index < -0.39 is 0 Å². The molecule has 0 bridgehead atoms. The SMILES string of the molecule is C=C(/C=C(\C=C\C)c1cc(-c2cc(NC)cc(NC)c2)cc(-c2cc(N)cc(NC)c2)n1)NC. The summed E-state index contributed by atoms with van der Waals surface area (Å²) in [6.07, 6.45) is 6.04. The lowest BCUT2D eigenvalue weighted by Crippen LogP contribution is -2.02. The Morgan fingerprint density at radius 2 is 1.38 bits per heavy atom. The lowest BCUT2D eigenvalue weighted by Gasteiger charge is -2.14. The van der Waals surface area contributed by atoms with Crippen LogP contribution in [0.25, 0.3) is 28.0 Å². The van der Waals surface area contributed by atoms with Gasteiger partial charge in [-0.25, -0.2) is 4.98 Å². The molecular formula is C28H34N6. The fourth-order valence-electron chi connectivity index (χ4n) is 3.67. The second-order valence-corrected chi connectivity index (χ2v) is 7.89. The maximum absolute atomic E-state index is 6.20. The third kappa shape index (κ3) is 5.78. The standard InChI is InChI=1S/C28H34N6/c1-7-8-19(9-18(2)30-3)27-14-21(20-11-25(32-5)17-26(12-20)33-6)15-28(34-27)22-10-23(29)16-24(13-22)31-4/h7-17,30-33H,2,29H2,1,3-6H3/b8-7+,19-9+. The normalized spacial score (nSPS) is 11.4. The highest BCUT2D eigenvalue weighted by molar-refractivity contribution is 5.83. The average Bonchev–Trinajstić information content (AvgIpc) is 2.87. The highest BCUT2D eigenvalue weighted by Gasteiger charge is 2.12. The minimum Gasteiger partial charge on any atom is -0.399 e. The predicted octanol–water partition coefficient (Wildman–Crippen LogP) is 5.82. The molecule has 6 heteroatoms. The Morgan fingerprint density at radius 1 is 0.794 bits per heavy atom. The van der Waals surface area contributed by atoms with Crippen LogP contribution in [-0.2, 0) is 0 Å². The quantitative estimate of drug-likeness (QED) is 0.207. The molecule has 0 spiro atoms. The van der Waals surface area contributed by atoms with Gasteiger partial charge < -0.3 is 27.0 Å². The first-order valence-electron chi connectivity index (χ1n) is 11.2. The molecule has 176 valence electrons. The van der Waals surface area contributed by atoms with Gasteiger partial charge in [-0.3, -0.25) is 0 Å². The molecule has 0 aliphatic rings. The van der Waals surface area contributed by atoms with Crippen molar-refractivity contribution >= 4 is 28.3 Å². The average molecular weight is 455 g/mol. The summed E-state index contributed by atoms with van der Waals surface area (Å²) in [5, 5.41) is 12.8. The molecule has 0 saturated heterocycles. The molecule has 0 aliphatic heterocycles. The minimum absolute atomic E-state index is 0.679. The van der Waals surface area contributed by atoms with E-state index in [0.717, 1.165) is 56.4 Å². The van der Waals surface area contributed by atoms with Crippen LogP contribution in [0.5, 0.6) is 0 Å². The second-order valence-electron chi connectivity index (χ2n) is 7.89. The number of nitrogens with one attached hydrogen (secondary N) is 4. The predicted molar refractivity (Wildman–Crippen MR) is 149 cm³/mol. The molecule has 0 radical (unpaired) electrons. The number of anilines is 4. The zero-order valence-electron chi connectivity index (χ0n) is 20.6. The van der Waals surface area contributed by atoms with Crippen molar-refractivity contribution in [3.8, 4) is 22.4 Å². The van der Waals surface area contributed by atoms with Crippen molar-refractivity contribution in [2.24, 2.45) is 0 Å². The third-order valence-electron chi connectivity index (χ3n) is 5.50. The fraction of sp³-hybridized carbons (Fsp3) is 0.179. The number of rotatable bonds is 9. The topological polar surface area (TPSA) is 87.0 Å². The number of allylic oxidation sites excluding steroid dienone is 4. The van der Waals surface area contributed by atoms with Crippen molar-refractivity contribution in [2.45, 2.75) is 6.92 Å². The van der Waals surface area contributed by atoms with E-state index >= 15 is 0 Å². The maximum Gasteiger partial charge on any atom is 0.0717 e. The van der Waals surface area contributed by atoms with Crippen molar-refractivity contribution in [1.29, 1.82) is 0 Å². The van der Waals surface area contributed by atoms with E-state index in [0.29, 0.717) is 5.69 Å². The molecule has 0 aliphatic carbocycles. The van der Waals surface area contributed by atoms with Crippen LogP contribution in [0.15, 0.2) is 79.0 Å². The van der Waals surface area contributed by atoms with Gasteiger partial charge in [0.15, 0.2) is 0 Å². The monoisotopic (exact) mass is 454 g/mol. The summed E-state index contributed by atoms with van der Waals surface area (Å²) in [4.78, 5) is 5.03. The van der Waals surface area contributed by atoms with Crippen molar-refractivity contribution < 1.29 is 0 Å². The molecule has 1 heterocycles. The van der Waals surface area contributed by atoms with Crippen LogP contribution in [-0.4, -0.2) is 33.2 Å². The van der Waals surface area contributed by atoms with Crippen LogP contribution in [0, 0.1) is 0 Å². The van der Waals surface area contributed by atoms with Gasteiger partial charge in [-0.05, 0) is 72.7 Å². The van der Waals surface area contributed by atoms with Gasteiger partial charge in [0.2, 0.25) is 0 Å². The molecule has 0 atom stereocenters. The number of nitrogens with zero attached hydrogens (tertiary/aromatic N) is 1. The summed E-state index contributed by atoms with van der Waals surface area (Å²) in [6.45, 7) is 6.06. The Morgan fingerprint density at radius 3 is 1.97 bits per heavy atom. The molecule has 0 fully saturated rings. The first kappa shape index (κ1) is 24.5. The molecule has 3 rings (SSSR count). The second kappa shape index (κ2) is 11.1. The Labute approximate surface area is 202 Å².